The monoisotopic (exact) mass is 253 g/mol. The number of benzene rings is 1. The third-order valence-electron chi connectivity index (χ3n) is 2.87. The number of hydrogen-bond donors (Lipinski definition) is 1. The highest BCUT2D eigenvalue weighted by atomic mass is 35.5. The van der Waals surface area contributed by atoms with E-state index in [-0.39, 0.29) is 5.78 Å². The van der Waals surface area contributed by atoms with Crippen molar-refractivity contribution in [2.24, 2.45) is 0 Å². The number of nitrogens with one attached hydrogen (secondary N) is 1. The first-order chi connectivity index (χ1) is 8.11. The van der Waals surface area contributed by atoms with Crippen molar-refractivity contribution < 1.29 is 9.53 Å². The molecule has 1 fully saturated rings. The molecule has 1 saturated carbocycles. The fraction of sp³-hybridized carbons (Fsp3) is 0.462. The molecule has 92 valence electrons. The van der Waals surface area contributed by atoms with E-state index in [1.165, 1.54) is 12.8 Å². The lowest BCUT2D eigenvalue weighted by Crippen LogP contribution is -2.25. The molecule has 17 heavy (non-hydrogen) atoms. The van der Waals surface area contributed by atoms with Crippen molar-refractivity contribution in [3.63, 3.8) is 0 Å². The van der Waals surface area contributed by atoms with Crippen molar-refractivity contribution >= 4 is 17.4 Å². The van der Waals surface area contributed by atoms with Crippen molar-refractivity contribution in [2.75, 3.05) is 13.7 Å². The lowest BCUT2D eigenvalue weighted by Gasteiger charge is -2.11. The van der Waals surface area contributed by atoms with E-state index in [1.54, 1.807) is 19.2 Å². The molecule has 1 aliphatic carbocycles. The van der Waals surface area contributed by atoms with E-state index in [0.717, 1.165) is 5.56 Å². The summed E-state index contributed by atoms with van der Waals surface area (Å²) in [5, 5.41) is 3.76. The van der Waals surface area contributed by atoms with Crippen LogP contribution in [0, 0.1) is 6.92 Å². The molecule has 0 radical (unpaired) electrons. The third-order valence-corrected chi connectivity index (χ3v) is 3.09. The molecule has 0 bridgehead atoms. The van der Waals surface area contributed by atoms with Crippen molar-refractivity contribution in [1.82, 2.24) is 5.32 Å². The molecule has 0 heterocycles. The topological polar surface area (TPSA) is 38.3 Å². The number of rotatable bonds is 5. The van der Waals surface area contributed by atoms with Crippen LogP contribution in [0.4, 0.5) is 0 Å². The molecule has 0 aromatic heterocycles. The standard InChI is InChI=1S/C13H16ClNO2/c1-8-5-9(14)6-11(13(8)17-2)12(16)7-15-10-3-4-10/h5-6,10,15H,3-4,7H2,1-2H3. The van der Waals surface area contributed by atoms with Crippen molar-refractivity contribution in [3.8, 4) is 5.75 Å². The molecule has 1 aliphatic rings. The maximum Gasteiger partial charge on any atom is 0.180 e. The van der Waals surface area contributed by atoms with Crippen LogP contribution in [0.5, 0.6) is 5.75 Å². The molecule has 0 spiro atoms. The minimum absolute atomic E-state index is 0.0272. The van der Waals surface area contributed by atoms with Crippen LogP contribution in [-0.2, 0) is 0 Å². The fourth-order valence-electron chi connectivity index (χ4n) is 1.83. The molecule has 1 N–H and O–H groups in total. The van der Waals surface area contributed by atoms with Gasteiger partial charge >= 0.3 is 0 Å². The second-order valence-electron chi connectivity index (χ2n) is 4.38. The number of aryl methyl sites for hydroxylation is 1. The van der Waals surface area contributed by atoms with Gasteiger partial charge < -0.3 is 10.1 Å². The number of hydrogen-bond acceptors (Lipinski definition) is 3. The molecular weight excluding hydrogens is 238 g/mol. The zero-order chi connectivity index (χ0) is 12.4. The van der Waals surface area contributed by atoms with Gasteiger partial charge in [0.25, 0.3) is 0 Å². The normalized spacial score (nSPS) is 14.8. The number of methoxy groups -OCH3 is 1. The lowest BCUT2D eigenvalue weighted by atomic mass is 10.1. The molecule has 4 heteroatoms. The highest BCUT2D eigenvalue weighted by Crippen LogP contribution is 2.28. The largest absolute Gasteiger partial charge is 0.496 e. The summed E-state index contributed by atoms with van der Waals surface area (Å²) < 4.78 is 5.27. The molecule has 0 amide bonds. The van der Waals surface area contributed by atoms with Crippen LogP contribution < -0.4 is 10.1 Å². The van der Waals surface area contributed by atoms with Gasteiger partial charge in [0.1, 0.15) is 5.75 Å². The number of halogens is 1. The van der Waals surface area contributed by atoms with E-state index in [0.29, 0.717) is 28.9 Å². The molecule has 0 unspecified atom stereocenters. The average molecular weight is 254 g/mol. The Bertz CT molecular complexity index is 441. The summed E-state index contributed by atoms with van der Waals surface area (Å²) in [7, 11) is 1.57. The molecule has 1 aromatic carbocycles. The van der Waals surface area contributed by atoms with Gasteiger partial charge in [-0.1, -0.05) is 11.6 Å². The highest BCUT2D eigenvalue weighted by molar-refractivity contribution is 6.31. The van der Waals surface area contributed by atoms with Crippen LogP contribution in [0.1, 0.15) is 28.8 Å². The van der Waals surface area contributed by atoms with Crippen molar-refractivity contribution in [1.29, 1.82) is 0 Å². The summed E-state index contributed by atoms with van der Waals surface area (Å²) in [4.78, 5) is 12.1. The van der Waals surface area contributed by atoms with E-state index in [1.807, 2.05) is 6.92 Å². The van der Waals surface area contributed by atoms with Gasteiger partial charge in [-0.15, -0.1) is 0 Å². The minimum atomic E-state index is 0.0272. The third kappa shape index (κ3) is 2.99. The Morgan fingerprint density at radius 2 is 2.24 bits per heavy atom. The molecule has 0 aliphatic heterocycles. The predicted molar refractivity (Wildman–Crippen MR) is 68.1 cm³/mol. The Morgan fingerprint density at radius 3 is 2.82 bits per heavy atom. The first kappa shape index (κ1) is 12.4. The number of Topliss-reactive ketones (excluding diaryl/α,β-unsaturated/α-hetero) is 1. The van der Waals surface area contributed by atoms with Crippen LogP contribution in [0.3, 0.4) is 0 Å². The number of carbonyl (C=O) groups excluding carboxylic acids is 1. The van der Waals surface area contributed by atoms with Crippen LogP contribution in [0.25, 0.3) is 0 Å². The van der Waals surface area contributed by atoms with Crippen molar-refractivity contribution in [2.45, 2.75) is 25.8 Å². The van der Waals surface area contributed by atoms with E-state index in [2.05, 4.69) is 5.32 Å². The van der Waals surface area contributed by atoms with E-state index >= 15 is 0 Å². The van der Waals surface area contributed by atoms with E-state index < -0.39 is 0 Å². The summed E-state index contributed by atoms with van der Waals surface area (Å²) in [6.07, 6.45) is 2.33. The Hall–Kier alpha value is -1.06. The second kappa shape index (κ2) is 5.07. The Labute approximate surface area is 106 Å². The van der Waals surface area contributed by atoms with Gasteiger partial charge in [-0.3, -0.25) is 4.79 Å². The van der Waals surface area contributed by atoms with Gasteiger partial charge in [0.2, 0.25) is 0 Å². The van der Waals surface area contributed by atoms with Crippen LogP contribution in [-0.4, -0.2) is 25.5 Å². The highest BCUT2D eigenvalue weighted by Gasteiger charge is 2.23. The molecule has 0 atom stereocenters. The molecule has 1 aromatic rings. The maximum absolute atomic E-state index is 12.1. The zero-order valence-electron chi connectivity index (χ0n) is 10.0. The van der Waals surface area contributed by atoms with Gasteiger partial charge in [-0.05, 0) is 37.5 Å². The van der Waals surface area contributed by atoms with Gasteiger partial charge in [-0.2, -0.15) is 0 Å². The minimum Gasteiger partial charge on any atom is -0.496 e. The quantitative estimate of drug-likeness (QED) is 0.820. The molecule has 0 saturated heterocycles. The van der Waals surface area contributed by atoms with Gasteiger partial charge in [0.15, 0.2) is 5.78 Å². The van der Waals surface area contributed by atoms with Crippen LogP contribution in [0.15, 0.2) is 12.1 Å². The molecular formula is C13H16ClNO2. The predicted octanol–water partition coefficient (Wildman–Crippen LogP) is 2.59. The van der Waals surface area contributed by atoms with Gasteiger partial charge in [-0.25, -0.2) is 0 Å². The SMILES string of the molecule is COc1c(C)cc(Cl)cc1C(=O)CNC1CC1. The Balaban J connectivity index is 2.19. The van der Waals surface area contributed by atoms with E-state index in [4.69, 9.17) is 16.3 Å². The first-order valence-electron chi connectivity index (χ1n) is 5.72. The second-order valence-corrected chi connectivity index (χ2v) is 4.82. The summed E-state index contributed by atoms with van der Waals surface area (Å²) in [5.41, 5.74) is 1.44. The summed E-state index contributed by atoms with van der Waals surface area (Å²) in [5.74, 6) is 0.649. The fourth-order valence-corrected chi connectivity index (χ4v) is 2.10. The zero-order valence-corrected chi connectivity index (χ0v) is 10.8. The first-order valence-corrected chi connectivity index (χ1v) is 6.10. The summed E-state index contributed by atoms with van der Waals surface area (Å²) in [6, 6.07) is 3.99. The smallest absolute Gasteiger partial charge is 0.180 e. The molecule has 3 nitrogen and oxygen atoms in total. The van der Waals surface area contributed by atoms with Gasteiger partial charge in [0.05, 0.1) is 19.2 Å². The van der Waals surface area contributed by atoms with Gasteiger partial charge in [0, 0.05) is 11.1 Å². The summed E-state index contributed by atoms with van der Waals surface area (Å²) in [6.45, 7) is 2.23. The van der Waals surface area contributed by atoms with Crippen LogP contribution in [0.2, 0.25) is 5.02 Å². The number of ether oxygens (including phenoxy) is 1. The Kier molecular flexibility index (Phi) is 3.69. The maximum atomic E-state index is 12.1. The number of carbonyl (C=O) groups is 1. The average Bonchev–Trinajstić information content (AvgIpc) is 3.08. The Morgan fingerprint density at radius 1 is 1.53 bits per heavy atom. The number of ketones is 1. The van der Waals surface area contributed by atoms with Crippen LogP contribution >= 0.6 is 11.6 Å². The lowest BCUT2D eigenvalue weighted by molar-refractivity contribution is 0.0987. The van der Waals surface area contributed by atoms with E-state index in [9.17, 15) is 4.79 Å². The summed E-state index contributed by atoms with van der Waals surface area (Å²) >= 11 is 5.97. The molecule has 2 rings (SSSR count). The van der Waals surface area contributed by atoms with Crippen molar-refractivity contribution in [3.05, 3.63) is 28.3 Å².